The van der Waals surface area contributed by atoms with Crippen LogP contribution in [0.4, 0.5) is 0 Å². The summed E-state index contributed by atoms with van der Waals surface area (Å²) in [6.07, 6.45) is 4.38. The van der Waals surface area contributed by atoms with E-state index in [0.717, 1.165) is 13.0 Å². The fourth-order valence-electron chi connectivity index (χ4n) is 1.60. The van der Waals surface area contributed by atoms with Crippen molar-refractivity contribution in [3.63, 3.8) is 0 Å². The highest BCUT2D eigenvalue weighted by Crippen LogP contribution is 2.30. The monoisotopic (exact) mass is 155 g/mol. The van der Waals surface area contributed by atoms with Gasteiger partial charge < -0.3 is 5.32 Å². The van der Waals surface area contributed by atoms with Gasteiger partial charge in [0.2, 0.25) is 5.91 Å². The van der Waals surface area contributed by atoms with E-state index in [4.69, 9.17) is 0 Å². The molecule has 0 aromatic carbocycles. The molecule has 0 aromatic heterocycles. The molecular formula is C9H17NO. The number of rotatable bonds is 3. The van der Waals surface area contributed by atoms with E-state index in [9.17, 15) is 4.79 Å². The number of carbonyl (C=O) groups is 1. The molecular weight excluding hydrogens is 138 g/mol. The largest absolute Gasteiger partial charge is 0.356 e. The minimum Gasteiger partial charge on any atom is -0.356 e. The summed E-state index contributed by atoms with van der Waals surface area (Å²) in [4.78, 5) is 10.9. The van der Waals surface area contributed by atoms with Gasteiger partial charge in [0.1, 0.15) is 0 Å². The van der Waals surface area contributed by atoms with Crippen molar-refractivity contribution in [3.8, 4) is 0 Å². The van der Waals surface area contributed by atoms with Gasteiger partial charge in [-0.3, -0.25) is 4.79 Å². The van der Waals surface area contributed by atoms with Crippen LogP contribution in [-0.2, 0) is 4.79 Å². The molecule has 0 aliphatic carbocycles. The summed E-state index contributed by atoms with van der Waals surface area (Å²) in [7, 11) is 0. The Kier molecular flexibility index (Phi) is 2.53. The summed E-state index contributed by atoms with van der Waals surface area (Å²) in [5.41, 5.74) is 0.257. The predicted octanol–water partition coefficient (Wildman–Crippen LogP) is 1.70. The molecule has 1 aliphatic heterocycles. The van der Waals surface area contributed by atoms with Crippen LogP contribution < -0.4 is 5.32 Å². The molecule has 1 rings (SSSR count). The van der Waals surface area contributed by atoms with Crippen LogP contribution in [0.5, 0.6) is 0 Å². The summed E-state index contributed by atoms with van der Waals surface area (Å²) >= 11 is 0. The van der Waals surface area contributed by atoms with Crippen molar-refractivity contribution in [2.24, 2.45) is 5.41 Å². The zero-order valence-corrected chi connectivity index (χ0v) is 7.44. The van der Waals surface area contributed by atoms with Crippen molar-refractivity contribution in [2.75, 3.05) is 6.54 Å². The van der Waals surface area contributed by atoms with Crippen molar-refractivity contribution in [1.82, 2.24) is 5.32 Å². The number of hydrogen-bond acceptors (Lipinski definition) is 1. The van der Waals surface area contributed by atoms with E-state index in [0.29, 0.717) is 0 Å². The highest BCUT2D eigenvalue weighted by molar-refractivity contribution is 5.79. The molecule has 1 aliphatic rings. The third-order valence-corrected chi connectivity index (χ3v) is 2.43. The topological polar surface area (TPSA) is 29.1 Å². The van der Waals surface area contributed by atoms with E-state index < -0.39 is 0 Å². The number of nitrogens with one attached hydrogen (secondary N) is 1. The molecule has 64 valence electrons. The van der Waals surface area contributed by atoms with Gasteiger partial charge in [0, 0.05) is 13.0 Å². The first-order valence-electron chi connectivity index (χ1n) is 4.43. The Hall–Kier alpha value is -0.530. The van der Waals surface area contributed by atoms with E-state index in [1.807, 2.05) is 0 Å². The van der Waals surface area contributed by atoms with Crippen molar-refractivity contribution >= 4 is 5.91 Å². The van der Waals surface area contributed by atoms with Gasteiger partial charge in [-0.2, -0.15) is 0 Å². The first-order valence-corrected chi connectivity index (χ1v) is 4.43. The van der Waals surface area contributed by atoms with Gasteiger partial charge in [0.25, 0.3) is 0 Å². The van der Waals surface area contributed by atoms with Crippen LogP contribution in [0.2, 0.25) is 0 Å². The van der Waals surface area contributed by atoms with Crippen LogP contribution >= 0.6 is 0 Å². The Morgan fingerprint density at radius 3 is 2.82 bits per heavy atom. The van der Waals surface area contributed by atoms with E-state index >= 15 is 0 Å². The number of carbonyl (C=O) groups excluding carboxylic acids is 1. The van der Waals surface area contributed by atoms with Crippen LogP contribution in [0, 0.1) is 5.41 Å². The molecule has 1 amide bonds. The van der Waals surface area contributed by atoms with Crippen LogP contribution in [0.25, 0.3) is 0 Å². The smallest absolute Gasteiger partial charge is 0.220 e. The second-order valence-electron chi connectivity index (χ2n) is 3.87. The molecule has 0 spiro atoms. The van der Waals surface area contributed by atoms with Gasteiger partial charge in [-0.1, -0.05) is 26.7 Å². The van der Waals surface area contributed by atoms with Crippen molar-refractivity contribution in [3.05, 3.63) is 0 Å². The van der Waals surface area contributed by atoms with E-state index in [-0.39, 0.29) is 11.3 Å². The highest BCUT2D eigenvalue weighted by atomic mass is 16.1. The molecule has 0 bridgehead atoms. The van der Waals surface area contributed by atoms with Crippen molar-refractivity contribution in [2.45, 2.75) is 39.5 Å². The fourth-order valence-corrected chi connectivity index (χ4v) is 1.60. The molecule has 11 heavy (non-hydrogen) atoms. The third kappa shape index (κ3) is 2.21. The molecule has 0 unspecified atom stereocenters. The second-order valence-corrected chi connectivity index (χ2v) is 3.87. The SMILES string of the molecule is CCCC[C@]1(C)CNC(=O)C1. The van der Waals surface area contributed by atoms with E-state index in [2.05, 4.69) is 19.2 Å². The maximum absolute atomic E-state index is 10.9. The molecule has 0 radical (unpaired) electrons. The Bertz CT molecular complexity index is 156. The summed E-state index contributed by atoms with van der Waals surface area (Å²) in [6, 6.07) is 0. The number of amides is 1. The Morgan fingerprint density at radius 1 is 1.64 bits per heavy atom. The summed E-state index contributed by atoms with van der Waals surface area (Å²) in [5.74, 6) is 0.226. The molecule has 2 heteroatoms. The normalized spacial score (nSPS) is 30.5. The summed E-state index contributed by atoms with van der Waals surface area (Å²) in [5, 5.41) is 2.88. The lowest BCUT2D eigenvalue weighted by Gasteiger charge is -2.20. The zero-order valence-electron chi connectivity index (χ0n) is 7.44. The zero-order chi connectivity index (χ0) is 8.32. The van der Waals surface area contributed by atoms with Gasteiger partial charge in [-0.15, -0.1) is 0 Å². The van der Waals surface area contributed by atoms with Crippen LogP contribution in [0.1, 0.15) is 39.5 Å². The Labute approximate surface area is 68.4 Å². The third-order valence-electron chi connectivity index (χ3n) is 2.43. The Morgan fingerprint density at radius 2 is 2.36 bits per heavy atom. The van der Waals surface area contributed by atoms with Gasteiger partial charge in [-0.05, 0) is 11.8 Å². The second kappa shape index (κ2) is 3.24. The first-order chi connectivity index (χ1) is 5.16. The average Bonchev–Trinajstić information content (AvgIpc) is 2.28. The average molecular weight is 155 g/mol. The van der Waals surface area contributed by atoms with Crippen molar-refractivity contribution in [1.29, 1.82) is 0 Å². The molecule has 1 fully saturated rings. The minimum atomic E-state index is 0.226. The molecule has 1 saturated heterocycles. The maximum atomic E-state index is 10.9. The molecule has 1 N–H and O–H groups in total. The maximum Gasteiger partial charge on any atom is 0.220 e. The van der Waals surface area contributed by atoms with Gasteiger partial charge in [-0.25, -0.2) is 0 Å². The Balaban J connectivity index is 2.35. The molecule has 2 nitrogen and oxygen atoms in total. The fraction of sp³-hybridized carbons (Fsp3) is 0.889. The van der Waals surface area contributed by atoms with E-state index in [1.165, 1.54) is 19.3 Å². The summed E-state index contributed by atoms with van der Waals surface area (Å²) < 4.78 is 0. The van der Waals surface area contributed by atoms with Gasteiger partial charge in [0.05, 0.1) is 0 Å². The number of hydrogen-bond donors (Lipinski definition) is 1. The van der Waals surface area contributed by atoms with Gasteiger partial charge >= 0.3 is 0 Å². The van der Waals surface area contributed by atoms with Crippen LogP contribution in [0.3, 0.4) is 0 Å². The highest BCUT2D eigenvalue weighted by Gasteiger charge is 2.32. The first kappa shape index (κ1) is 8.57. The quantitative estimate of drug-likeness (QED) is 0.660. The lowest BCUT2D eigenvalue weighted by atomic mass is 9.84. The predicted molar refractivity (Wildman–Crippen MR) is 45.3 cm³/mol. The van der Waals surface area contributed by atoms with Crippen LogP contribution in [-0.4, -0.2) is 12.5 Å². The molecule has 1 atom stereocenters. The van der Waals surface area contributed by atoms with Gasteiger partial charge in [0.15, 0.2) is 0 Å². The standard InChI is InChI=1S/C9H17NO/c1-3-4-5-9(2)6-8(11)10-7-9/h3-7H2,1-2H3,(H,10,11)/t9-/m0/s1. The molecule has 0 saturated carbocycles. The molecule has 0 aromatic rings. The van der Waals surface area contributed by atoms with E-state index in [1.54, 1.807) is 0 Å². The van der Waals surface area contributed by atoms with Crippen molar-refractivity contribution < 1.29 is 4.79 Å². The lowest BCUT2D eigenvalue weighted by Crippen LogP contribution is -2.20. The summed E-state index contributed by atoms with van der Waals surface area (Å²) in [6.45, 7) is 5.26. The number of unbranched alkanes of at least 4 members (excludes halogenated alkanes) is 1. The lowest BCUT2D eigenvalue weighted by molar-refractivity contribution is -0.119. The minimum absolute atomic E-state index is 0.226. The molecule has 1 heterocycles. The van der Waals surface area contributed by atoms with Crippen LogP contribution in [0.15, 0.2) is 0 Å².